The first-order chi connectivity index (χ1) is 7.13. The van der Waals surface area contributed by atoms with Crippen molar-refractivity contribution in [3.05, 3.63) is 16.1 Å². The number of aromatic nitrogens is 1. The van der Waals surface area contributed by atoms with Gasteiger partial charge in [0.05, 0.1) is 5.01 Å². The van der Waals surface area contributed by atoms with Crippen molar-refractivity contribution >= 4 is 11.3 Å². The van der Waals surface area contributed by atoms with Gasteiger partial charge in [-0.15, -0.1) is 11.3 Å². The highest BCUT2D eigenvalue weighted by Crippen LogP contribution is 2.12. The third-order valence-corrected chi connectivity index (χ3v) is 3.53. The van der Waals surface area contributed by atoms with Gasteiger partial charge in [0.25, 0.3) is 0 Å². The minimum atomic E-state index is 0.569. The first-order valence-corrected chi connectivity index (χ1v) is 6.27. The highest BCUT2D eigenvalue weighted by Gasteiger charge is 2.10. The number of nitrogens with two attached hydrogens (primary N) is 1. The third kappa shape index (κ3) is 4.28. The van der Waals surface area contributed by atoms with Crippen LogP contribution in [0.1, 0.15) is 23.7 Å². The summed E-state index contributed by atoms with van der Waals surface area (Å²) in [6.07, 6.45) is 1.94. The Balaban J connectivity index is 2.26. The Bertz CT molecular complexity index is 283. The number of nitrogens with one attached hydrogen (secondary N) is 1. The van der Waals surface area contributed by atoms with E-state index in [2.05, 4.69) is 24.1 Å². The maximum Gasteiger partial charge on any atom is 0.0897 e. The smallest absolute Gasteiger partial charge is 0.0897 e. The van der Waals surface area contributed by atoms with Gasteiger partial charge in [0, 0.05) is 17.6 Å². The van der Waals surface area contributed by atoms with E-state index in [1.807, 2.05) is 13.1 Å². The zero-order valence-corrected chi connectivity index (χ0v) is 10.6. The molecule has 1 aromatic heterocycles. The van der Waals surface area contributed by atoms with Crippen molar-refractivity contribution in [2.24, 2.45) is 17.6 Å². The average Bonchev–Trinajstić information content (AvgIpc) is 2.58. The van der Waals surface area contributed by atoms with Crippen molar-refractivity contribution in [2.75, 3.05) is 13.1 Å². The number of nitrogens with zero attached hydrogens (tertiary/aromatic N) is 1. The fraction of sp³-hybridized carbons (Fsp3) is 0.727. The maximum absolute atomic E-state index is 5.71. The highest BCUT2D eigenvalue weighted by atomic mass is 32.1. The van der Waals surface area contributed by atoms with E-state index in [0.717, 1.165) is 24.6 Å². The minimum Gasteiger partial charge on any atom is -0.330 e. The summed E-state index contributed by atoms with van der Waals surface area (Å²) in [5.41, 5.74) is 5.71. The summed E-state index contributed by atoms with van der Waals surface area (Å²) in [4.78, 5) is 5.52. The van der Waals surface area contributed by atoms with Crippen LogP contribution < -0.4 is 11.1 Å². The predicted molar refractivity (Wildman–Crippen MR) is 65.9 cm³/mol. The van der Waals surface area contributed by atoms with Crippen LogP contribution in [0, 0.1) is 18.8 Å². The second kappa shape index (κ2) is 6.20. The molecule has 1 aromatic rings. The minimum absolute atomic E-state index is 0.569. The van der Waals surface area contributed by atoms with Crippen molar-refractivity contribution in [2.45, 2.75) is 27.3 Å². The first kappa shape index (κ1) is 12.6. The molecule has 0 fully saturated rings. The fourth-order valence-corrected chi connectivity index (χ4v) is 2.22. The van der Waals surface area contributed by atoms with Crippen molar-refractivity contribution < 1.29 is 0 Å². The second-order valence-electron chi connectivity index (χ2n) is 4.22. The van der Waals surface area contributed by atoms with Crippen LogP contribution >= 0.6 is 11.3 Å². The Morgan fingerprint density at radius 1 is 1.53 bits per heavy atom. The molecule has 0 bridgehead atoms. The molecule has 86 valence electrons. The molecule has 1 heterocycles. The van der Waals surface area contributed by atoms with Gasteiger partial charge in [-0.05, 0) is 31.8 Å². The van der Waals surface area contributed by atoms with E-state index < -0.39 is 0 Å². The molecule has 0 radical (unpaired) electrons. The quantitative estimate of drug-likeness (QED) is 0.779. The zero-order chi connectivity index (χ0) is 11.3. The highest BCUT2D eigenvalue weighted by molar-refractivity contribution is 7.11. The van der Waals surface area contributed by atoms with Crippen molar-refractivity contribution in [3.8, 4) is 0 Å². The van der Waals surface area contributed by atoms with Gasteiger partial charge in [0.1, 0.15) is 0 Å². The molecule has 4 heteroatoms. The number of hydrogen-bond acceptors (Lipinski definition) is 4. The van der Waals surface area contributed by atoms with Crippen molar-refractivity contribution in [3.63, 3.8) is 0 Å². The second-order valence-corrected chi connectivity index (χ2v) is 5.54. The molecule has 3 N–H and O–H groups in total. The summed E-state index contributed by atoms with van der Waals surface area (Å²) < 4.78 is 0. The number of hydrogen-bond donors (Lipinski definition) is 2. The molecule has 0 aliphatic carbocycles. The SMILES string of the molecule is Cc1ncc(CNCC(CN)C(C)C)s1. The maximum atomic E-state index is 5.71. The third-order valence-electron chi connectivity index (χ3n) is 2.62. The summed E-state index contributed by atoms with van der Waals surface area (Å²) in [7, 11) is 0. The summed E-state index contributed by atoms with van der Waals surface area (Å²) in [6.45, 7) is 9.13. The largest absolute Gasteiger partial charge is 0.330 e. The normalized spacial score (nSPS) is 13.4. The van der Waals surface area contributed by atoms with Gasteiger partial charge in [0.15, 0.2) is 0 Å². The monoisotopic (exact) mass is 227 g/mol. The Morgan fingerprint density at radius 3 is 2.73 bits per heavy atom. The molecule has 1 unspecified atom stereocenters. The molecule has 0 aliphatic heterocycles. The fourth-order valence-electron chi connectivity index (χ4n) is 1.46. The molecule has 0 amide bonds. The van der Waals surface area contributed by atoms with Crippen LogP contribution in [0.4, 0.5) is 0 Å². The number of rotatable bonds is 6. The summed E-state index contributed by atoms with van der Waals surface area (Å²) in [5.74, 6) is 1.21. The van der Waals surface area contributed by atoms with E-state index in [4.69, 9.17) is 5.73 Å². The number of aryl methyl sites for hydroxylation is 1. The van der Waals surface area contributed by atoms with Crippen LogP contribution in [0.15, 0.2) is 6.20 Å². The molecule has 0 aromatic carbocycles. The van der Waals surface area contributed by atoms with E-state index in [0.29, 0.717) is 11.8 Å². The Labute approximate surface area is 96.1 Å². The van der Waals surface area contributed by atoms with E-state index in [9.17, 15) is 0 Å². The van der Waals surface area contributed by atoms with Gasteiger partial charge in [-0.3, -0.25) is 0 Å². The van der Waals surface area contributed by atoms with Gasteiger partial charge >= 0.3 is 0 Å². The topological polar surface area (TPSA) is 50.9 Å². The summed E-state index contributed by atoms with van der Waals surface area (Å²) >= 11 is 1.75. The van der Waals surface area contributed by atoms with Crippen LogP contribution in [0.5, 0.6) is 0 Å². The van der Waals surface area contributed by atoms with Crippen LogP contribution in [0.2, 0.25) is 0 Å². The zero-order valence-electron chi connectivity index (χ0n) is 9.79. The standard InChI is InChI=1S/C11H21N3S/c1-8(2)10(4-12)5-13-6-11-7-14-9(3)15-11/h7-8,10,13H,4-6,12H2,1-3H3. The lowest BCUT2D eigenvalue weighted by Gasteiger charge is -2.18. The van der Waals surface area contributed by atoms with Crippen LogP contribution in [0.25, 0.3) is 0 Å². The number of thiazole rings is 1. The van der Waals surface area contributed by atoms with Crippen LogP contribution in [0.3, 0.4) is 0 Å². The molecular formula is C11H21N3S. The average molecular weight is 227 g/mol. The molecule has 0 saturated heterocycles. The van der Waals surface area contributed by atoms with Gasteiger partial charge < -0.3 is 11.1 Å². The Hall–Kier alpha value is -0.450. The van der Waals surface area contributed by atoms with Gasteiger partial charge in [0.2, 0.25) is 0 Å². The van der Waals surface area contributed by atoms with Crippen LogP contribution in [-0.4, -0.2) is 18.1 Å². The molecule has 3 nitrogen and oxygen atoms in total. The van der Waals surface area contributed by atoms with Crippen molar-refractivity contribution in [1.29, 1.82) is 0 Å². The van der Waals surface area contributed by atoms with E-state index in [-0.39, 0.29) is 0 Å². The lowest BCUT2D eigenvalue weighted by molar-refractivity contribution is 0.371. The van der Waals surface area contributed by atoms with Crippen molar-refractivity contribution in [1.82, 2.24) is 10.3 Å². The van der Waals surface area contributed by atoms with Gasteiger partial charge in [-0.2, -0.15) is 0 Å². The van der Waals surface area contributed by atoms with Gasteiger partial charge in [-0.25, -0.2) is 4.98 Å². The lowest BCUT2D eigenvalue weighted by Crippen LogP contribution is -2.31. The molecule has 0 aliphatic rings. The first-order valence-electron chi connectivity index (χ1n) is 5.45. The Morgan fingerprint density at radius 2 is 2.27 bits per heavy atom. The van der Waals surface area contributed by atoms with Gasteiger partial charge in [-0.1, -0.05) is 13.8 Å². The lowest BCUT2D eigenvalue weighted by atomic mass is 9.96. The predicted octanol–water partition coefficient (Wildman–Crippen LogP) is 1.77. The molecule has 15 heavy (non-hydrogen) atoms. The molecule has 0 saturated carbocycles. The van der Waals surface area contributed by atoms with Crippen LogP contribution in [-0.2, 0) is 6.54 Å². The molecule has 1 rings (SSSR count). The van der Waals surface area contributed by atoms with E-state index in [1.54, 1.807) is 11.3 Å². The molecule has 0 spiro atoms. The summed E-state index contributed by atoms with van der Waals surface area (Å²) in [5, 5.41) is 4.57. The Kier molecular flexibility index (Phi) is 5.22. The van der Waals surface area contributed by atoms with E-state index >= 15 is 0 Å². The molecular weight excluding hydrogens is 206 g/mol. The molecule has 1 atom stereocenters. The van der Waals surface area contributed by atoms with E-state index in [1.165, 1.54) is 4.88 Å². The summed E-state index contributed by atoms with van der Waals surface area (Å²) in [6, 6.07) is 0.